The van der Waals surface area contributed by atoms with Gasteiger partial charge in [-0.25, -0.2) is 4.39 Å². The lowest BCUT2D eigenvalue weighted by Gasteiger charge is -2.18. The molecule has 0 bridgehead atoms. The van der Waals surface area contributed by atoms with Crippen LogP contribution in [0.25, 0.3) is 0 Å². The predicted molar refractivity (Wildman–Crippen MR) is 52.2 cm³/mol. The number of alkyl halides is 4. The lowest BCUT2D eigenvalue weighted by Crippen LogP contribution is -2.32. The van der Waals surface area contributed by atoms with E-state index >= 15 is 0 Å². The molecule has 0 aliphatic rings. The van der Waals surface area contributed by atoms with Crippen LogP contribution in [0.4, 0.5) is 18.9 Å². The van der Waals surface area contributed by atoms with Crippen LogP contribution in [0.3, 0.4) is 0 Å². The molecule has 0 heterocycles. The summed E-state index contributed by atoms with van der Waals surface area (Å²) in [5.74, 6) is -0.390. The summed E-state index contributed by atoms with van der Waals surface area (Å²) >= 11 is 10.1. The van der Waals surface area contributed by atoms with Gasteiger partial charge < -0.3 is 10.5 Å². The SMILES string of the molecule is Nc1ccc(OC(F)(F)C(F)Cl)c(Cl)c1. The van der Waals surface area contributed by atoms with Gasteiger partial charge in [0.2, 0.25) is 0 Å². The van der Waals surface area contributed by atoms with Crippen LogP contribution < -0.4 is 10.5 Å². The van der Waals surface area contributed by atoms with Gasteiger partial charge in [0.25, 0.3) is 5.63 Å². The van der Waals surface area contributed by atoms with E-state index in [2.05, 4.69) is 16.3 Å². The molecular weight excluding hydrogens is 254 g/mol. The Morgan fingerprint density at radius 2 is 2.00 bits per heavy atom. The number of anilines is 1. The van der Waals surface area contributed by atoms with Crippen molar-refractivity contribution in [3.63, 3.8) is 0 Å². The summed E-state index contributed by atoms with van der Waals surface area (Å²) in [6.07, 6.45) is -4.14. The monoisotopic (exact) mass is 259 g/mol. The van der Waals surface area contributed by atoms with Crippen molar-refractivity contribution >= 4 is 28.9 Å². The normalized spacial score (nSPS) is 13.7. The Hall–Kier alpha value is -0.810. The number of ether oxygens (including phenoxy) is 1. The van der Waals surface area contributed by atoms with Crippen molar-refractivity contribution in [1.82, 2.24) is 0 Å². The molecule has 0 aromatic heterocycles. The largest absolute Gasteiger partial charge is 0.444 e. The van der Waals surface area contributed by atoms with E-state index in [0.29, 0.717) is 0 Å². The average Bonchev–Trinajstić information content (AvgIpc) is 2.09. The zero-order valence-electron chi connectivity index (χ0n) is 7.18. The molecule has 1 rings (SSSR count). The second kappa shape index (κ2) is 4.37. The van der Waals surface area contributed by atoms with Crippen molar-refractivity contribution in [1.29, 1.82) is 0 Å². The van der Waals surface area contributed by atoms with E-state index in [0.717, 1.165) is 6.07 Å². The van der Waals surface area contributed by atoms with Gasteiger partial charge in [-0.05, 0) is 18.2 Å². The first-order valence-electron chi connectivity index (χ1n) is 3.73. The highest BCUT2D eigenvalue weighted by molar-refractivity contribution is 6.32. The quantitative estimate of drug-likeness (QED) is 0.667. The van der Waals surface area contributed by atoms with Crippen molar-refractivity contribution in [2.45, 2.75) is 11.7 Å². The van der Waals surface area contributed by atoms with E-state index in [1.807, 2.05) is 0 Å². The van der Waals surface area contributed by atoms with Gasteiger partial charge in [-0.1, -0.05) is 23.2 Å². The molecule has 1 unspecified atom stereocenters. The van der Waals surface area contributed by atoms with E-state index in [1.54, 1.807) is 0 Å². The maximum absolute atomic E-state index is 12.7. The first kappa shape index (κ1) is 12.3. The number of halogens is 5. The Kier molecular flexibility index (Phi) is 3.57. The van der Waals surface area contributed by atoms with Gasteiger partial charge in [-0.15, -0.1) is 0 Å². The first-order valence-corrected chi connectivity index (χ1v) is 4.54. The minimum absolute atomic E-state index is 0.146. The van der Waals surface area contributed by atoms with Crippen LogP contribution in [0.15, 0.2) is 18.2 Å². The Morgan fingerprint density at radius 3 is 2.47 bits per heavy atom. The van der Waals surface area contributed by atoms with Gasteiger partial charge in [-0.3, -0.25) is 0 Å². The number of benzene rings is 1. The summed E-state index contributed by atoms with van der Waals surface area (Å²) < 4.78 is 41.6. The van der Waals surface area contributed by atoms with Crippen LogP contribution in [0.5, 0.6) is 5.75 Å². The number of hydrogen-bond acceptors (Lipinski definition) is 2. The van der Waals surface area contributed by atoms with Crippen LogP contribution in [-0.2, 0) is 0 Å². The van der Waals surface area contributed by atoms with Gasteiger partial charge in [0, 0.05) is 5.69 Å². The molecule has 1 aromatic rings. The van der Waals surface area contributed by atoms with Crippen LogP contribution in [0.2, 0.25) is 5.02 Å². The molecule has 0 radical (unpaired) electrons. The summed E-state index contributed by atoms with van der Waals surface area (Å²) in [4.78, 5) is 0. The summed E-state index contributed by atoms with van der Waals surface area (Å²) in [6.45, 7) is 0. The summed E-state index contributed by atoms with van der Waals surface area (Å²) in [6, 6.07) is 3.60. The first-order chi connectivity index (χ1) is 6.83. The molecular formula is C8H6Cl2F3NO. The third-order valence-corrected chi connectivity index (χ3v) is 2.01. The fourth-order valence-electron chi connectivity index (χ4n) is 0.791. The van der Waals surface area contributed by atoms with E-state index in [4.69, 9.17) is 17.3 Å². The van der Waals surface area contributed by atoms with E-state index in [9.17, 15) is 13.2 Å². The fourth-order valence-corrected chi connectivity index (χ4v) is 1.06. The third kappa shape index (κ3) is 3.07. The highest BCUT2D eigenvalue weighted by atomic mass is 35.5. The molecule has 2 N–H and O–H groups in total. The number of nitrogens with two attached hydrogens (primary N) is 1. The second-order valence-electron chi connectivity index (χ2n) is 2.65. The highest BCUT2D eigenvalue weighted by Gasteiger charge is 2.42. The molecule has 0 saturated heterocycles. The average molecular weight is 260 g/mol. The van der Waals surface area contributed by atoms with Gasteiger partial charge in [0.15, 0.2) is 0 Å². The fraction of sp³-hybridized carbons (Fsp3) is 0.250. The molecule has 7 heteroatoms. The van der Waals surface area contributed by atoms with Crippen molar-refractivity contribution in [2.24, 2.45) is 0 Å². The van der Waals surface area contributed by atoms with Crippen LogP contribution in [-0.4, -0.2) is 11.7 Å². The molecule has 2 nitrogen and oxygen atoms in total. The highest BCUT2D eigenvalue weighted by Crippen LogP contribution is 2.33. The Bertz CT molecular complexity index is 360. The molecule has 84 valence electrons. The van der Waals surface area contributed by atoms with Crippen molar-refractivity contribution in [3.8, 4) is 5.75 Å². The molecule has 1 atom stereocenters. The van der Waals surface area contributed by atoms with Crippen molar-refractivity contribution in [2.75, 3.05) is 5.73 Å². The standard InChI is InChI=1S/C8H6Cl2F3NO/c9-5-3-4(14)1-2-6(5)15-8(12,13)7(10)11/h1-3,7H,14H2. The number of nitrogen functional groups attached to an aromatic ring is 1. The Balaban J connectivity index is 2.90. The topological polar surface area (TPSA) is 35.2 Å². The Morgan fingerprint density at radius 1 is 1.40 bits per heavy atom. The molecule has 15 heavy (non-hydrogen) atoms. The van der Waals surface area contributed by atoms with Crippen LogP contribution in [0.1, 0.15) is 0 Å². The van der Waals surface area contributed by atoms with E-state index in [-0.39, 0.29) is 16.5 Å². The molecule has 0 saturated carbocycles. The van der Waals surface area contributed by atoms with E-state index in [1.165, 1.54) is 12.1 Å². The van der Waals surface area contributed by atoms with Crippen molar-refractivity contribution < 1.29 is 17.9 Å². The molecule has 0 amide bonds. The maximum Gasteiger partial charge on any atom is 0.444 e. The smallest absolute Gasteiger partial charge is 0.428 e. The minimum atomic E-state index is -4.14. The van der Waals surface area contributed by atoms with Gasteiger partial charge in [0.05, 0.1) is 5.02 Å². The van der Waals surface area contributed by atoms with Gasteiger partial charge in [0.1, 0.15) is 5.75 Å². The zero-order valence-corrected chi connectivity index (χ0v) is 8.70. The molecule has 0 fully saturated rings. The van der Waals surface area contributed by atoms with E-state index < -0.39 is 11.7 Å². The molecule has 1 aromatic carbocycles. The molecule has 0 spiro atoms. The van der Waals surface area contributed by atoms with Gasteiger partial charge in [-0.2, -0.15) is 8.78 Å². The van der Waals surface area contributed by atoms with Crippen LogP contribution >= 0.6 is 23.2 Å². The summed E-state index contributed by atoms with van der Waals surface area (Å²) in [7, 11) is 0. The Labute approximate surface area is 93.7 Å². The second-order valence-corrected chi connectivity index (χ2v) is 3.44. The van der Waals surface area contributed by atoms with Crippen molar-refractivity contribution in [3.05, 3.63) is 23.2 Å². The summed E-state index contributed by atoms with van der Waals surface area (Å²) in [5, 5.41) is -0.146. The lowest BCUT2D eigenvalue weighted by atomic mass is 10.3. The van der Waals surface area contributed by atoms with Gasteiger partial charge >= 0.3 is 6.11 Å². The molecule has 0 aliphatic heterocycles. The maximum atomic E-state index is 12.7. The predicted octanol–water partition coefficient (Wildman–Crippen LogP) is 3.43. The lowest BCUT2D eigenvalue weighted by molar-refractivity contribution is -0.198. The summed E-state index contributed by atoms with van der Waals surface area (Å²) in [5.41, 5.74) is 2.65. The van der Waals surface area contributed by atoms with Crippen LogP contribution in [0, 0.1) is 0 Å². The number of hydrogen-bond donors (Lipinski definition) is 1. The minimum Gasteiger partial charge on any atom is -0.428 e. The zero-order chi connectivity index (χ0) is 11.6. The number of rotatable bonds is 3. The third-order valence-electron chi connectivity index (χ3n) is 1.46. The molecule has 0 aliphatic carbocycles.